The first-order valence-electron chi connectivity index (χ1n) is 5.13. The van der Waals surface area contributed by atoms with Gasteiger partial charge in [-0.2, -0.15) is 14.0 Å². The zero-order valence-electron chi connectivity index (χ0n) is 9.40. The molecule has 0 aliphatic heterocycles. The van der Waals surface area contributed by atoms with Gasteiger partial charge in [0.15, 0.2) is 0 Å². The normalized spacial score (nSPS) is 10.1. The number of halogens is 2. The first kappa shape index (κ1) is 13.9. The number of alkyl halides is 2. The van der Waals surface area contributed by atoms with Gasteiger partial charge in [-0.25, -0.2) is 0 Å². The molecule has 0 unspecified atom stereocenters. The van der Waals surface area contributed by atoms with E-state index in [0.29, 0.717) is 18.4 Å². The van der Waals surface area contributed by atoms with Crippen LogP contribution in [0.3, 0.4) is 0 Å². The predicted molar refractivity (Wildman–Crippen MR) is 59.8 cm³/mol. The Morgan fingerprint density at radius 3 is 2.83 bits per heavy atom. The maximum absolute atomic E-state index is 12.0. The van der Waals surface area contributed by atoms with Crippen molar-refractivity contribution in [2.75, 3.05) is 0 Å². The minimum absolute atomic E-state index is 0.0890. The summed E-state index contributed by atoms with van der Waals surface area (Å²) in [7, 11) is 0. The van der Waals surface area contributed by atoms with Gasteiger partial charge in [-0.15, -0.1) is 0 Å². The Kier molecular flexibility index (Phi) is 5.06. The van der Waals surface area contributed by atoms with Gasteiger partial charge in [-0.1, -0.05) is 6.07 Å². The van der Waals surface area contributed by atoms with Crippen molar-refractivity contribution in [1.29, 1.82) is 5.26 Å². The molecule has 0 saturated heterocycles. The summed E-state index contributed by atoms with van der Waals surface area (Å²) in [6, 6.07) is 5.88. The molecule has 0 saturated carbocycles. The quantitative estimate of drug-likeness (QED) is 0.790. The Morgan fingerprint density at radius 2 is 2.28 bits per heavy atom. The zero-order valence-corrected chi connectivity index (χ0v) is 9.40. The second kappa shape index (κ2) is 6.55. The predicted octanol–water partition coefficient (Wildman–Crippen LogP) is 2.24. The number of carbonyl (C=O) groups excluding carboxylic acids is 1. The van der Waals surface area contributed by atoms with Crippen molar-refractivity contribution < 1.29 is 18.3 Å². The van der Waals surface area contributed by atoms with Gasteiger partial charge in [-0.05, 0) is 30.5 Å². The average Bonchev–Trinajstić information content (AvgIpc) is 2.30. The molecule has 0 fully saturated rings. The van der Waals surface area contributed by atoms with Crippen LogP contribution in [0.2, 0.25) is 0 Å². The third-order valence-electron chi connectivity index (χ3n) is 2.14. The van der Waals surface area contributed by atoms with Crippen LogP contribution in [0.15, 0.2) is 18.2 Å². The molecule has 0 atom stereocenters. The Morgan fingerprint density at radius 1 is 1.56 bits per heavy atom. The van der Waals surface area contributed by atoms with E-state index in [0.717, 1.165) is 6.07 Å². The first-order valence-corrected chi connectivity index (χ1v) is 5.13. The van der Waals surface area contributed by atoms with E-state index >= 15 is 0 Å². The Bertz CT molecular complexity index is 470. The highest BCUT2D eigenvalue weighted by atomic mass is 19.3. The third-order valence-corrected chi connectivity index (χ3v) is 2.14. The topological polar surface area (TPSA) is 76.1 Å². The maximum Gasteiger partial charge on any atom is 0.387 e. The molecule has 1 aromatic carbocycles. The van der Waals surface area contributed by atoms with E-state index in [4.69, 9.17) is 11.0 Å². The largest absolute Gasteiger partial charge is 0.435 e. The minimum Gasteiger partial charge on any atom is -0.435 e. The summed E-state index contributed by atoms with van der Waals surface area (Å²) in [6.07, 6.45) is 2.40. The highest BCUT2D eigenvalue weighted by Crippen LogP contribution is 2.21. The molecule has 1 amide bonds. The van der Waals surface area contributed by atoms with Crippen LogP contribution in [0.4, 0.5) is 8.78 Å². The molecule has 95 valence electrons. The van der Waals surface area contributed by atoms with Crippen LogP contribution in [0.5, 0.6) is 5.75 Å². The zero-order chi connectivity index (χ0) is 13.5. The van der Waals surface area contributed by atoms with Gasteiger partial charge < -0.3 is 10.5 Å². The van der Waals surface area contributed by atoms with Crippen LogP contribution >= 0.6 is 0 Å². The Balaban J connectivity index is 2.90. The standard InChI is InChI=1S/C12H11F2N2O2/c13-12(14)18-9-5-4-8(3-1-2-6-15)10(7-9)11(16)17/h3-5,7,12H,1-2H2,(H2,16,17). The van der Waals surface area contributed by atoms with E-state index in [1.807, 2.05) is 6.07 Å². The van der Waals surface area contributed by atoms with Crippen molar-refractivity contribution in [2.45, 2.75) is 19.5 Å². The van der Waals surface area contributed by atoms with E-state index in [1.165, 1.54) is 12.1 Å². The fourth-order valence-corrected chi connectivity index (χ4v) is 1.40. The highest BCUT2D eigenvalue weighted by molar-refractivity contribution is 5.95. The summed E-state index contributed by atoms with van der Waals surface area (Å²) in [5, 5.41) is 8.40. The van der Waals surface area contributed by atoms with Gasteiger partial charge in [0, 0.05) is 12.0 Å². The maximum atomic E-state index is 12.0. The number of amides is 1. The lowest BCUT2D eigenvalue weighted by Crippen LogP contribution is -2.14. The number of nitrogens with two attached hydrogens (primary N) is 1. The molecule has 0 bridgehead atoms. The molecule has 0 spiro atoms. The molecule has 0 aliphatic rings. The molecular weight excluding hydrogens is 242 g/mol. The summed E-state index contributed by atoms with van der Waals surface area (Å²) < 4.78 is 28.2. The Hall–Kier alpha value is -2.16. The van der Waals surface area contributed by atoms with Gasteiger partial charge >= 0.3 is 6.61 Å². The number of hydrogen-bond acceptors (Lipinski definition) is 3. The van der Waals surface area contributed by atoms with E-state index in [9.17, 15) is 13.6 Å². The molecule has 1 aromatic rings. The highest BCUT2D eigenvalue weighted by Gasteiger charge is 2.12. The van der Waals surface area contributed by atoms with Crippen molar-refractivity contribution in [2.24, 2.45) is 5.73 Å². The van der Waals surface area contributed by atoms with Gasteiger partial charge in [0.1, 0.15) is 5.75 Å². The molecule has 1 radical (unpaired) electrons. The Labute approximate surface area is 103 Å². The van der Waals surface area contributed by atoms with Crippen molar-refractivity contribution in [3.05, 3.63) is 35.7 Å². The number of ether oxygens (including phenoxy) is 1. The van der Waals surface area contributed by atoms with E-state index in [1.54, 1.807) is 6.42 Å². The average molecular weight is 253 g/mol. The molecule has 6 heteroatoms. The smallest absolute Gasteiger partial charge is 0.387 e. The molecule has 1 rings (SSSR count). The number of unbranched alkanes of at least 4 members (excludes halogenated alkanes) is 1. The van der Waals surface area contributed by atoms with Crippen LogP contribution in [-0.4, -0.2) is 12.5 Å². The summed E-state index contributed by atoms with van der Waals surface area (Å²) in [6.45, 7) is -2.96. The lowest BCUT2D eigenvalue weighted by atomic mass is 10.0. The molecule has 2 N–H and O–H groups in total. The number of nitriles is 1. The monoisotopic (exact) mass is 253 g/mol. The van der Waals surface area contributed by atoms with Gasteiger partial charge in [0.05, 0.1) is 6.07 Å². The van der Waals surface area contributed by atoms with E-state index in [-0.39, 0.29) is 11.3 Å². The SMILES string of the molecule is N#CCC[CH]c1ccc(OC(F)F)cc1C(N)=O. The lowest BCUT2D eigenvalue weighted by molar-refractivity contribution is -0.0498. The molecule has 0 aliphatic carbocycles. The molecule has 0 aromatic heterocycles. The number of benzene rings is 1. The van der Waals surface area contributed by atoms with Crippen LogP contribution in [0.1, 0.15) is 28.8 Å². The molecule has 18 heavy (non-hydrogen) atoms. The van der Waals surface area contributed by atoms with Crippen molar-refractivity contribution in [1.82, 2.24) is 0 Å². The lowest BCUT2D eigenvalue weighted by Gasteiger charge is -2.09. The van der Waals surface area contributed by atoms with E-state index in [2.05, 4.69) is 4.74 Å². The summed E-state index contributed by atoms with van der Waals surface area (Å²) in [5.41, 5.74) is 5.74. The summed E-state index contributed by atoms with van der Waals surface area (Å²) >= 11 is 0. The van der Waals surface area contributed by atoms with Crippen LogP contribution in [-0.2, 0) is 0 Å². The van der Waals surface area contributed by atoms with E-state index < -0.39 is 12.5 Å². The van der Waals surface area contributed by atoms with Crippen LogP contribution in [0.25, 0.3) is 0 Å². The number of carbonyl (C=O) groups is 1. The van der Waals surface area contributed by atoms with Crippen molar-refractivity contribution >= 4 is 5.91 Å². The molecule has 0 heterocycles. The minimum atomic E-state index is -2.96. The number of rotatable bonds is 6. The fraction of sp³-hybridized carbons (Fsp3) is 0.250. The second-order valence-corrected chi connectivity index (χ2v) is 3.39. The molecule has 4 nitrogen and oxygen atoms in total. The van der Waals surface area contributed by atoms with Gasteiger partial charge in [0.2, 0.25) is 5.91 Å². The summed E-state index contributed by atoms with van der Waals surface area (Å²) in [4.78, 5) is 11.2. The van der Waals surface area contributed by atoms with Gasteiger partial charge in [0.25, 0.3) is 0 Å². The first-order chi connectivity index (χ1) is 8.54. The number of hydrogen-bond donors (Lipinski definition) is 1. The van der Waals surface area contributed by atoms with Crippen molar-refractivity contribution in [3.63, 3.8) is 0 Å². The molecular formula is C12H11F2N2O2. The third kappa shape index (κ3) is 4.01. The second-order valence-electron chi connectivity index (χ2n) is 3.39. The fourth-order valence-electron chi connectivity index (χ4n) is 1.40. The van der Waals surface area contributed by atoms with Crippen LogP contribution < -0.4 is 10.5 Å². The van der Waals surface area contributed by atoms with Gasteiger partial charge in [-0.3, -0.25) is 4.79 Å². The number of nitrogens with zero attached hydrogens (tertiary/aromatic N) is 1. The van der Waals surface area contributed by atoms with Crippen molar-refractivity contribution in [3.8, 4) is 11.8 Å². The number of primary amides is 1. The van der Waals surface area contributed by atoms with Crippen LogP contribution in [0, 0.1) is 17.8 Å². The summed E-state index contributed by atoms with van der Waals surface area (Å²) in [5.74, 6) is -0.867.